The molecule has 9 nitrogen and oxygen atoms in total. The molecule has 1 saturated heterocycles. The van der Waals surface area contributed by atoms with Gasteiger partial charge in [0.25, 0.3) is 0 Å². The lowest BCUT2D eigenvalue weighted by atomic mass is 9.91. The van der Waals surface area contributed by atoms with Crippen LogP contribution in [0.25, 0.3) is 22.2 Å². The highest BCUT2D eigenvalue weighted by molar-refractivity contribution is 6.35. The summed E-state index contributed by atoms with van der Waals surface area (Å²) in [5.74, 6) is 1.22. The molecule has 1 aliphatic rings. The van der Waals surface area contributed by atoms with Crippen molar-refractivity contribution in [2.24, 2.45) is 0 Å². The average molecular weight is 538 g/mol. The summed E-state index contributed by atoms with van der Waals surface area (Å²) in [7, 11) is 0. The first kappa shape index (κ1) is 25.2. The molecule has 0 bridgehead atoms. The number of aromatic amines is 1. The quantitative estimate of drug-likeness (QED) is 0.300. The molecule has 37 heavy (non-hydrogen) atoms. The number of H-pyrrole nitrogens is 1. The van der Waals surface area contributed by atoms with E-state index in [1.165, 1.54) is 12.4 Å². The summed E-state index contributed by atoms with van der Waals surface area (Å²) < 4.78 is 6.18. The van der Waals surface area contributed by atoms with Crippen LogP contribution in [-0.2, 0) is 0 Å². The number of halogens is 2. The van der Waals surface area contributed by atoms with E-state index in [-0.39, 0.29) is 12.1 Å². The lowest BCUT2D eigenvalue weighted by Crippen LogP contribution is -2.68. The SMILES string of the molecule is C[C@@H](Oc1ccc2[nH]nc(-c3ccnc(N4CC(C)(NCCO)C4)c3C#N)c2c1)c1c(Cl)cncc1Cl. The average Bonchev–Trinajstić information content (AvgIpc) is 3.28. The van der Waals surface area contributed by atoms with Gasteiger partial charge in [-0.15, -0.1) is 0 Å². The van der Waals surface area contributed by atoms with E-state index in [9.17, 15) is 5.26 Å². The van der Waals surface area contributed by atoms with E-state index in [0.717, 1.165) is 10.9 Å². The number of pyridine rings is 2. The Morgan fingerprint density at radius 1 is 1.27 bits per heavy atom. The second kappa shape index (κ2) is 10.1. The van der Waals surface area contributed by atoms with E-state index in [1.807, 2.05) is 25.1 Å². The van der Waals surface area contributed by atoms with Crippen LogP contribution in [0.15, 0.2) is 42.9 Å². The molecule has 4 heterocycles. The summed E-state index contributed by atoms with van der Waals surface area (Å²) in [5.41, 5.74) is 3.09. The predicted octanol–water partition coefficient (Wildman–Crippen LogP) is 4.50. The Balaban J connectivity index is 1.46. The first-order chi connectivity index (χ1) is 17.8. The number of fused-ring (bicyclic) bond motifs is 1. The summed E-state index contributed by atoms with van der Waals surface area (Å²) in [4.78, 5) is 10.6. The highest BCUT2D eigenvalue weighted by atomic mass is 35.5. The van der Waals surface area contributed by atoms with Gasteiger partial charge in [-0.3, -0.25) is 10.1 Å². The molecular formula is C26H25Cl2N7O2. The van der Waals surface area contributed by atoms with Crippen LogP contribution in [0.1, 0.15) is 31.1 Å². The zero-order chi connectivity index (χ0) is 26.2. The summed E-state index contributed by atoms with van der Waals surface area (Å²) in [6.07, 6.45) is 4.35. The van der Waals surface area contributed by atoms with Crippen molar-refractivity contribution in [2.45, 2.75) is 25.5 Å². The number of hydrogen-bond acceptors (Lipinski definition) is 8. The molecule has 0 spiro atoms. The highest BCUT2D eigenvalue weighted by Crippen LogP contribution is 2.38. The standard InChI is InChI=1S/C26H25Cl2N7O2/c1-15(23-20(27)11-30-12-21(23)28)37-16-3-4-22-18(9-16)24(34-33-22)17-5-6-31-25(19(17)10-29)35-13-26(2,14-35)32-7-8-36/h3-6,9,11-12,15,32,36H,7-8,13-14H2,1-2H3,(H,33,34)/t15-/m1/s1. The molecule has 3 N–H and O–H groups in total. The van der Waals surface area contributed by atoms with Crippen molar-refractivity contribution in [1.82, 2.24) is 25.5 Å². The molecule has 1 atom stereocenters. The second-order valence-corrected chi connectivity index (χ2v) is 10.1. The lowest BCUT2D eigenvalue weighted by molar-refractivity contribution is 0.227. The van der Waals surface area contributed by atoms with Crippen molar-refractivity contribution in [3.8, 4) is 23.1 Å². The van der Waals surface area contributed by atoms with Crippen molar-refractivity contribution in [2.75, 3.05) is 31.1 Å². The van der Waals surface area contributed by atoms with Crippen molar-refractivity contribution in [3.63, 3.8) is 0 Å². The summed E-state index contributed by atoms with van der Waals surface area (Å²) >= 11 is 12.6. The van der Waals surface area contributed by atoms with Gasteiger partial charge in [-0.25, -0.2) is 4.98 Å². The fraction of sp³-hybridized carbons (Fsp3) is 0.308. The number of rotatable bonds is 8. The van der Waals surface area contributed by atoms with Crippen molar-refractivity contribution in [3.05, 3.63) is 64.0 Å². The Morgan fingerprint density at radius 2 is 2.03 bits per heavy atom. The third kappa shape index (κ3) is 4.81. The van der Waals surface area contributed by atoms with Gasteiger partial charge in [0.1, 0.15) is 35.0 Å². The van der Waals surface area contributed by atoms with E-state index < -0.39 is 6.10 Å². The number of nitrogens with zero attached hydrogens (tertiary/aromatic N) is 5. The Bertz CT molecular complexity index is 1470. The summed E-state index contributed by atoms with van der Waals surface area (Å²) in [6, 6.07) is 9.74. The smallest absolute Gasteiger partial charge is 0.147 e. The third-order valence-electron chi connectivity index (χ3n) is 6.48. The number of aliphatic hydroxyl groups is 1. The van der Waals surface area contributed by atoms with Crippen LogP contribution in [0.4, 0.5) is 5.82 Å². The topological polar surface area (TPSA) is 123 Å². The van der Waals surface area contributed by atoms with Crippen LogP contribution in [0.5, 0.6) is 5.75 Å². The van der Waals surface area contributed by atoms with Crippen LogP contribution in [0.3, 0.4) is 0 Å². The van der Waals surface area contributed by atoms with Gasteiger partial charge < -0.3 is 20.1 Å². The number of aliphatic hydroxyl groups excluding tert-OH is 1. The monoisotopic (exact) mass is 537 g/mol. The van der Waals surface area contributed by atoms with Crippen LogP contribution in [0, 0.1) is 11.3 Å². The van der Waals surface area contributed by atoms with Gasteiger partial charge >= 0.3 is 0 Å². The van der Waals surface area contributed by atoms with Crippen LogP contribution in [0.2, 0.25) is 10.0 Å². The maximum absolute atomic E-state index is 10.1. The maximum atomic E-state index is 10.1. The summed E-state index contributed by atoms with van der Waals surface area (Å²) in [5, 5.41) is 31.8. The van der Waals surface area contributed by atoms with Crippen LogP contribution >= 0.6 is 23.2 Å². The van der Waals surface area contributed by atoms with Crippen molar-refractivity contribution >= 4 is 39.9 Å². The Labute approximate surface area is 224 Å². The Hall–Kier alpha value is -3.42. The van der Waals surface area contributed by atoms with E-state index in [2.05, 4.69) is 43.4 Å². The number of nitriles is 1. The van der Waals surface area contributed by atoms with Gasteiger partial charge in [0.15, 0.2) is 0 Å². The normalized spacial score (nSPS) is 15.3. The molecule has 1 fully saturated rings. The Morgan fingerprint density at radius 3 is 2.73 bits per heavy atom. The van der Waals surface area contributed by atoms with Crippen molar-refractivity contribution < 1.29 is 9.84 Å². The molecule has 1 aliphatic heterocycles. The molecule has 11 heteroatoms. The van der Waals surface area contributed by atoms with E-state index >= 15 is 0 Å². The van der Waals surface area contributed by atoms with E-state index in [1.54, 1.807) is 12.3 Å². The summed E-state index contributed by atoms with van der Waals surface area (Å²) in [6.45, 7) is 5.90. The van der Waals surface area contributed by atoms with Gasteiger partial charge in [0, 0.05) is 54.7 Å². The number of benzene rings is 1. The minimum absolute atomic E-state index is 0.0755. The van der Waals surface area contributed by atoms with Crippen LogP contribution in [-0.4, -0.2) is 57.1 Å². The molecule has 5 rings (SSSR count). The molecule has 190 valence electrons. The zero-order valence-electron chi connectivity index (χ0n) is 20.3. The van der Waals surface area contributed by atoms with E-state index in [4.69, 9.17) is 33.0 Å². The third-order valence-corrected chi connectivity index (χ3v) is 7.09. The number of aromatic nitrogens is 4. The first-order valence-corrected chi connectivity index (χ1v) is 12.5. The molecule has 4 aromatic rings. The zero-order valence-corrected chi connectivity index (χ0v) is 21.8. The Kier molecular flexibility index (Phi) is 6.92. The van der Waals surface area contributed by atoms with Gasteiger partial charge in [-0.05, 0) is 38.1 Å². The maximum Gasteiger partial charge on any atom is 0.147 e. The molecule has 1 aromatic carbocycles. The lowest BCUT2D eigenvalue weighted by Gasteiger charge is -2.49. The minimum Gasteiger partial charge on any atom is -0.486 e. The van der Waals surface area contributed by atoms with Gasteiger partial charge in [-0.1, -0.05) is 23.2 Å². The number of hydrogen-bond donors (Lipinski definition) is 3. The number of ether oxygens (including phenoxy) is 1. The molecular weight excluding hydrogens is 513 g/mol. The predicted molar refractivity (Wildman–Crippen MR) is 143 cm³/mol. The number of nitrogens with one attached hydrogen (secondary N) is 2. The largest absolute Gasteiger partial charge is 0.486 e. The van der Waals surface area contributed by atoms with E-state index in [0.29, 0.717) is 63.6 Å². The first-order valence-electron chi connectivity index (χ1n) is 11.8. The molecule has 0 unspecified atom stereocenters. The molecule has 0 radical (unpaired) electrons. The molecule has 0 saturated carbocycles. The van der Waals surface area contributed by atoms with Gasteiger partial charge in [-0.2, -0.15) is 10.4 Å². The van der Waals surface area contributed by atoms with Gasteiger partial charge in [0.05, 0.1) is 27.7 Å². The fourth-order valence-corrected chi connectivity index (χ4v) is 5.43. The fourth-order valence-electron chi connectivity index (χ4n) is 4.76. The van der Waals surface area contributed by atoms with Gasteiger partial charge in [0.2, 0.25) is 0 Å². The number of anilines is 1. The van der Waals surface area contributed by atoms with Crippen LogP contribution < -0.4 is 15.0 Å². The second-order valence-electron chi connectivity index (χ2n) is 9.29. The van der Waals surface area contributed by atoms with Crippen molar-refractivity contribution in [1.29, 1.82) is 5.26 Å². The highest BCUT2D eigenvalue weighted by Gasteiger charge is 2.40. The number of β-amino-alcohol motifs (C(OH)–C–C–N with tert-alkyl or cyclic N) is 1. The molecule has 3 aromatic heterocycles. The molecule has 0 amide bonds. The molecule has 0 aliphatic carbocycles. The minimum atomic E-state index is -0.418.